The summed E-state index contributed by atoms with van der Waals surface area (Å²) in [4.78, 5) is 17.3. The molecule has 25 heavy (non-hydrogen) atoms. The van der Waals surface area contributed by atoms with Crippen molar-refractivity contribution in [1.29, 1.82) is 0 Å². The lowest BCUT2D eigenvalue weighted by Crippen LogP contribution is -2.49. The fraction of sp³-hybridized carbons (Fsp3) is 0.529. The maximum atomic E-state index is 12.8. The summed E-state index contributed by atoms with van der Waals surface area (Å²) in [5.41, 5.74) is 7.60. The van der Waals surface area contributed by atoms with E-state index in [2.05, 4.69) is 37.1 Å². The van der Waals surface area contributed by atoms with E-state index in [0.717, 1.165) is 29.4 Å². The number of aliphatic hydroxyl groups excluding tert-OH is 1. The molecule has 134 valence electrons. The Morgan fingerprint density at radius 2 is 2.24 bits per heavy atom. The summed E-state index contributed by atoms with van der Waals surface area (Å²) < 4.78 is 2.58. The molecule has 1 aromatic carbocycles. The van der Waals surface area contributed by atoms with Crippen molar-refractivity contribution in [3.05, 3.63) is 38.9 Å². The molecular weight excluding hydrogens is 386 g/mol. The molecule has 2 saturated heterocycles. The van der Waals surface area contributed by atoms with Gasteiger partial charge < -0.3 is 10.4 Å². The monoisotopic (exact) mass is 407 g/mol. The minimum Gasteiger partial charge on any atom is -0.392 e. The van der Waals surface area contributed by atoms with Crippen molar-refractivity contribution < 1.29 is 5.11 Å². The molecule has 0 radical (unpaired) electrons. The Labute approximate surface area is 153 Å². The Balaban J connectivity index is 1.59. The van der Waals surface area contributed by atoms with E-state index in [0.29, 0.717) is 23.9 Å². The summed E-state index contributed by atoms with van der Waals surface area (Å²) in [5.74, 6) is 0. The highest BCUT2D eigenvalue weighted by Gasteiger charge is 2.45. The Bertz CT molecular complexity index is 864. The molecule has 0 aliphatic carbocycles. The third-order valence-corrected chi connectivity index (χ3v) is 5.99. The Morgan fingerprint density at radius 3 is 2.96 bits per heavy atom. The van der Waals surface area contributed by atoms with Crippen LogP contribution in [0.5, 0.6) is 0 Å². The van der Waals surface area contributed by atoms with Gasteiger partial charge in [0.1, 0.15) is 5.66 Å². The van der Waals surface area contributed by atoms with Crippen LogP contribution >= 0.6 is 15.9 Å². The Hall–Kier alpha value is -1.32. The number of aromatic nitrogens is 2. The molecule has 7 nitrogen and oxygen atoms in total. The molecule has 0 amide bonds. The number of benzene rings is 1. The summed E-state index contributed by atoms with van der Waals surface area (Å²) in [7, 11) is 0. The van der Waals surface area contributed by atoms with E-state index in [9.17, 15) is 9.90 Å². The number of aliphatic hydroxyl groups is 1. The molecule has 3 heterocycles. The van der Waals surface area contributed by atoms with Crippen LogP contribution in [0.4, 0.5) is 0 Å². The first-order chi connectivity index (χ1) is 12.0. The molecule has 4 rings (SSSR count). The van der Waals surface area contributed by atoms with Crippen molar-refractivity contribution in [2.45, 2.75) is 50.5 Å². The van der Waals surface area contributed by atoms with Crippen LogP contribution in [0.25, 0.3) is 10.9 Å². The highest BCUT2D eigenvalue weighted by molar-refractivity contribution is 9.10. The summed E-state index contributed by atoms with van der Waals surface area (Å²) >= 11 is 3.48. The Morgan fingerprint density at radius 1 is 1.44 bits per heavy atom. The number of fused-ring (bicyclic) bond motifs is 1. The van der Waals surface area contributed by atoms with E-state index in [-0.39, 0.29) is 23.4 Å². The molecule has 1 aromatic heterocycles. The van der Waals surface area contributed by atoms with Crippen molar-refractivity contribution in [2.75, 3.05) is 6.54 Å². The van der Waals surface area contributed by atoms with Gasteiger partial charge in [0.05, 0.1) is 29.9 Å². The number of aryl methyl sites for hydroxylation is 1. The van der Waals surface area contributed by atoms with Crippen LogP contribution in [0, 0.1) is 6.92 Å². The minimum atomic E-state index is -0.375. The lowest BCUT2D eigenvalue weighted by Gasteiger charge is -2.31. The maximum absolute atomic E-state index is 12.8. The molecule has 2 atom stereocenters. The Kier molecular flexibility index (Phi) is 4.41. The van der Waals surface area contributed by atoms with E-state index < -0.39 is 0 Å². The van der Waals surface area contributed by atoms with Crippen LogP contribution in [0.3, 0.4) is 0 Å². The zero-order chi connectivity index (χ0) is 17.6. The average molecular weight is 408 g/mol. The molecule has 4 N–H and O–H groups in total. The minimum absolute atomic E-state index is 0.0265. The van der Waals surface area contributed by atoms with E-state index in [1.54, 1.807) is 10.9 Å². The molecule has 2 aliphatic rings. The number of piperidine rings is 1. The molecule has 0 bridgehead atoms. The second-order valence-corrected chi connectivity index (χ2v) is 7.96. The number of halogens is 1. The van der Waals surface area contributed by atoms with Gasteiger partial charge in [0.2, 0.25) is 0 Å². The van der Waals surface area contributed by atoms with Crippen molar-refractivity contribution in [3.63, 3.8) is 0 Å². The third-order valence-electron chi connectivity index (χ3n) is 5.14. The SMILES string of the molecule is Cc1cc2c(=O)n(CC3(CC4NCCCC4O)NN3)cnc2cc1Br. The number of hydrogen-bond donors (Lipinski definition) is 4. The standard InChI is InChI=1S/C17H22BrN5O2/c1-10-5-11-13(6-12(10)18)20-9-23(16(11)25)8-17(21-22-17)7-14-15(24)3-2-4-19-14/h5-6,9,14-15,19,21-22,24H,2-4,7-8H2,1H3. The number of hydrazine groups is 1. The average Bonchev–Trinajstić information content (AvgIpc) is 3.34. The predicted octanol–water partition coefficient (Wildman–Crippen LogP) is 0.775. The lowest BCUT2D eigenvalue weighted by atomic mass is 9.94. The third kappa shape index (κ3) is 3.37. The number of nitrogens with one attached hydrogen (secondary N) is 3. The van der Waals surface area contributed by atoms with Crippen LogP contribution in [0.15, 0.2) is 27.7 Å². The van der Waals surface area contributed by atoms with Gasteiger partial charge in [-0.05, 0) is 44.0 Å². The molecule has 2 unspecified atom stereocenters. The van der Waals surface area contributed by atoms with Gasteiger partial charge in [0.15, 0.2) is 0 Å². The second kappa shape index (κ2) is 6.44. The van der Waals surface area contributed by atoms with E-state index >= 15 is 0 Å². The molecule has 2 aromatic rings. The van der Waals surface area contributed by atoms with E-state index in [1.165, 1.54) is 0 Å². The molecule has 0 saturated carbocycles. The first-order valence-corrected chi connectivity index (χ1v) is 9.38. The number of hydrogen-bond acceptors (Lipinski definition) is 6. The quantitative estimate of drug-likeness (QED) is 0.557. The van der Waals surface area contributed by atoms with Gasteiger partial charge in [-0.1, -0.05) is 15.9 Å². The topological polar surface area (TPSA) is 111 Å². The van der Waals surface area contributed by atoms with Gasteiger partial charge in [0, 0.05) is 16.9 Å². The first-order valence-electron chi connectivity index (χ1n) is 8.59. The summed E-state index contributed by atoms with van der Waals surface area (Å²) in [5, 5.41) is 14.2. The second-order valence-electron chi connectivity index (χ2n) is 7.10. The van der Waals surface area contributed by atoms with E-state index in [4.69, 9.17) is 0 Å². The first kappa shape index (κ1) is 17.1. The summed E-state index contributed by atoms with van der Waals surface area (Å²) in [6.07, 6.45) is 3.77. The van der Waals surface area contributed by atoms with Crippen molar-refractivity contribution in [2.24, 2.45) is 0 Å². The van der Waals surface area contributed by atoms with Crippen LogP contribution in [-0.4, -0.2) is 39.0 Å². The fourth-order valence-electron chi connectivity index (χ4n) is 3.55. The van der Waals surface area contributed by atoms with Crippen LogP contribution < -0.4 is 21.7 Å². The molecule has 0 spiro atoms. The fourth-order valence-corrected chi connectivity index (χ4v) is 3.88. The highest BCUT2D eigenvalue weighted by atomic mass is 79.9. The molecule has 8 heteroatoms. The zero-order valence-corrected chi connectivity index (χ0v) is 15.6. The lowest BCUT2D eigenvalue weighted by molar-refractivity contribution is 0.0851. The normalized spacial score (nSPS) is 25.2. The van der Waals surface area contributed by atoms with Crippen LogP contribution in [0.1, 0.15) is 24.8 Å². The summed E-state index contributed by atoms with van der Waals surface area (Å²) in [6, 6.07) is 3.78. The van der Waals surface area contributed by atoms with Gasteiger partial charge in [-0.15, -0.1) is 0 Å². The van der Waals surface area contributed by atoms with E-state index in [1.807, 2.05) is 19.1 Å². The number of nitrogens with zero attached hydrogens (tertiary/aromatic N) is 2. The van der Waals surface area contributed by atoms with Gasteiger partial charge in [-0.3, -0.25) is 9.36 Å². The van der Waals surface area contributed by atoms with Crippen LogP contribution in [-0.2, 0) is 6.54 Å². The van der Waals surface area contributed by atoms with Crippen molar-refractivity contribution in [3.8, 4) is 0 Å². The highest BCUT2D eigenvalue weighted by Crippen LogP contribution is 2.25. The largest absolute Gasteiger partial charge is 0.392 e. The van der Waals surface area contributed by atoms with Crippen molar-refractivity contribution >= 4 is 26.8 Å². The molecule has 2 aliphatic heterocycles. The summed E-state index contributed by atoms with van der Waals surface area (Å²) in [6.45, 7) is 3.35. The van der Waals surface area contributed by atoms with Crippen LogP contribution in [0.2, 0.25) is 0 Å². The zero-order valence-electron chi connectivity index (χ0n) is 14.1. The molecular formula is C17H22BrN5O2. The predicted molar refractivity (Wildman–Crippen MR) is 99.1 cm³/mol. The number of rotatable bonds is 4. The van der Waals surface area contributed by atoms with Gasteiger partial charge in [0.25, 0.3) is 5.56 Å². The van der Waals surface area contributed by atoms with Gasteiger partial charge >= 0.3 is 0 Å². The van der Waals surface area contributed by atoms with Crippen molar-refractivity contribution in [1.82, 2.24) is 25.7 Å². The van der Waals surface area contributed by atoms with Gasteiger partial charge in [-0.25, -0.2) is 15.8 Å². The smallest absolute Gasteiger partial charge is 0.261 e. The van der Waals surface area contributed by atoms with Gasteiger partial charge in [-0.2, -0.15) is 0 Å². The maximum Gasteiger partial charge on any atom is 0.261 e. The molecule has 2 fully saturated rings.